The molecule has 0 bridgehead atoms. The van der Waals surface area contributed by atoms with Crippen LogP contribution in [-0.2, 0) is 6.42 Å². The molecule has 1 heterocycles. The third-order valence-corrected chi connectivity index (χ3v) is 4.70. The molecule has 5 heteroatoms. The molecule has 1 aliphatic carbocycles. The van der Waals surface area contributed by atoms with E-state index in [-0.39, 0.29) is 12.1 Å². The Bertz CT molecular complexity index is 775. The number of carbonyl (C=O) groups excluding carboxylic acids is 1. The van der Waals surface area contributed by atoms with Gasteiger partial charge in [0.15, 0.2) is 11.5 Å². The lowest BCUT2D eigenvalue weighted by Crippen LogP contribution is -2.34. The van der Waals surface area contributed by atoms with Gasteiger partial charge in [-0.05, 0) is 36.1 Å². The molecular formula is C19H20N2O3. The molecule has 2 amide bonds. The van der Waals surface area contributed by atoms with Crippen LogP contribution in [0.15, 0.2) is 42.5 Å². The standard InChI is InChI=1S/C19H20N2O3/c1-21(16-10-9-13-5-2-3-6-14(13)16)19(22)20-15-7-4-8-17-18(15)24-12-11-23-17/h2-8,16H,9-12H2,1H3,(H,20,22)/t16-/m0/s1. The van der Waals surface area contributed by atoms with Crippen molar-refractivity contribution in [2.24, 2.45) is 0 Å². The van der Waals surface area contributed by atoms with E-state index < -0.39 is 0 Å². The molecule has 1 aliphatic heterocycles. The third kappa shape index (κ3) is 2.56. The fourth-order valence-corrected chi connectivity index (χ4v) is 3.45. The highest BCUT2D eigenvalue weighted by Crippen LogP contribution is 2.38. The number of para-hydroxylation sites is 1. The van der Waals surface area contributed by atoms with Crippen LogP contribution in [0.25, 0.3) is 0 Å². The Morgan fingerprint density at radius 3 is 2.88 bits per heavy atom. The van der Waals surface area contributed by atoms with Crippen LogP contribution in [0.4, 0.5) is 10.5 Å². The Kier molecular flexibility index (Phi) is 3.76. The maximum atomic E-state index is 12.7. The SMILES string of the molecule is CN(C(=O)Nc1cccc2c1OCCO2)[C@H]1CCc2ccccc21. The Morgan fingerprint density at radius 2 is 1.96 bits per heavy atom. The zero-order valence-electron chi connectivity index (χ0n) is 13.6. The lowest BCUT2D eigenvalue weighted by atomic mass is 10.1. The van der Waals surface area contributed by atoms with E-state index in [2.05, 4.69) is 23.5 Å². The number of carbonyl (C=O) groups is 1. The van der Waals surface area contributed by atoms with Gasteiger partial charge < -0.3 is 19.7 Å². The summed E-state index contributed by atoms with van der Waals surface area (Å²) in [7, 11) is 1.84. The second kappa shape index (κ2) is 6.07. The molecule has 1 atom stereocenters. The predicted molar refractivity (Wildman–Crippen MR) is 91.7 cm³/mol. The number of urea groups is 1. The molecule has 0 fully saturated rings. The molecule has 0 unspecified atom stereocenters. The lowest BCUT2D eigenvalue weighted by Gasteiger charge is -2.27. The summed E-state index contributed by atoms with van der Waals surface area (Å²) in [5, 5.41) is 2.96. The highest BCUT2D eigenvalue weighted by molar-refractivity contribution is 5.92. The molecule has 2 aromatic rings. The Balaban J connectivity index is 1.53. The van der Waals surface area contributed by atoms with Crippen molar-refractivity contribution in [3.05, 3.63) is 53.6 Å². The number of hydrogen-bond acceptors (Lipinski definition) is 3. The number of anilines is 1. The third-order valence-electron chi connectivity index (χ3n) is 4.70. The summed E-state index contributed by atoms with van der Waals surface area (Å²) in [5.41, 5.74) is 3.22. The number of ether oxygens (including phenoxy) is 2. The molecule has 2 aliphatic rings. The van der Waals surface area contributed by atoms with Crippen molar-refractivity contribution in [1.82, 2.24) is 4.90 Å². The van der Waals surface area contributed by atoms with Gasteiger partial charge in [-0.1, -0.05) is 30.3 Å². The van der Waals surface area contributed by atoms with Gasteiger partial charge in [0.05, 0.1) is 11.7 Å². The smallest absolute Gasteiger partial charge is 0.322 e. The van der Waals surface area contributed by atoms with Gasteiger partial charge in [-0.3, -0.25) is 0 Å². The minimum Gasteiger partial charge on any atom is -0.486 e. The molecule has 124 valence electrons. The van der Waals surface area contributed by atoms with Gasteiger partial charge in [0.1, 0.15) is 13.2 Å². The molecule has 24 heavy (non-hydrogen) atoms. The Labute approximate surface area is 141 Å². The first-order valence-corrected chi connectivity index (χ1v) is 8.24. The topological polar surface area (TPSA) is 50.8 Å². The van der Waals surface area contributed by atoms with Crippen LogP contribution >= 0.6 is 0 Å². The van der Waals surface area contributed by atoms with E-state index in [1.54, 1.807) is 4.90 Å². The van der Waals surface area contributed by atoms with E-state index in [0.717, 1.165) is 12.8 Å². The van der Waals surface area contributed by atoms with Crippen LogP contribution in [-0.4, -0.2) is 31.2 Å². The molecular weight excluding hydrogens is 304 g/mol. The molecule has 2 aromatic carbocycles. The van der Waals surface area contributed by atoms with Crippen LogP contribution in [0.2, 0.25) is 0 Å². The summed E-state index contributed by atoms with van der Waals surface area (Å²) in [6.07, 6.45) is 1.96. The first-order chi connectivity index (χ1) is 11.7. The Hall–Kier alpha value is -2.69. The molecule has 0 radical (unpaired) electrons. The fourth-order valence-electron chi connectivity index (χ4n) is 3.45. The lowest BCUT2D eigenvalue weighted by molar-refractivity contribution is 0.172. The van der Waals surface area contributed by atoms with Crippen LogP contribution in [0.5, 0.6) is 11.5 Å². The van der Waals surface area contributed by atoms with Crippen molar-refractivity contribution in [2.45, 2.75) is 18.9 Å². The van der Waals surface area contributed by atoms with Crippen molar-refractivity contribution < 1.29 is 14.3 Å². The summed E-state index contributed by atoms with van der Waals surface area (Å²) in [5.74, 6) is 1.28. The molecule has 0 saturated heterocycles. The van der Waals surface area contributed by atoms with Gasteiger partial charge in [0.2, 0.25) is 0 Å². The van der Waals surface area contributed by atoms with Crippen molar-refractivity contribution in [3.8, 4) is 11.5 Å². The second-order valence-electron chi connectivity index (χ2n) is 6.12. The number of amides is 2. The summed E-state index contributed by atoms with van der Waals surface area (Å²) in [4.78, 5) is 14.5. The predicted octanol–water partition coefficient (Wildman–Crippen LogP) is 3.61. The van der Waals surface area contributed by atoms with Gasteiger partial charge >= 0.3 is 6.03 Å². The highest BCUT2D eigenvalue weighted by atomic mass is 16.6. The van der Waals surface area contributed by atoms with E-state index in [9.17, 15) is 4.79 Å². The summed E-state index contributed by atoms with van der Waals surface area (Å²) in [6.45, 7) is 1.02. The van der Waals surface area contributed by atoms with Crippen molar-refractivity contribution in [3.63, 3.8) is 0 Å². The van der Waals surface area contributed by atoms with E-state index in [4.69, 9.17) is 9.47 Å². The Morgan fingerprint density at radius 1 is 1.12 bits per heavy atom. The van der Waals surface area contributed by atoms with Crippen LogP contribution in [0, 0.1) is 0 Å². The number of fused-ring (bicyclic) bond motifs is 2. The fraction of sp³-hybridized carbons (Fsp3) is 0.316. The van der Waals surface area contributed by atoms with E-state index in [1.807, 2.05) is 31.3 Å². The zero-order valence-corrected chi connectivity index (χ0v) is 13.6. The highest BCUT2D eigenvalue weighted by Gasteiger charge is 2.29. The molecule has 0 aromatic heterocycles. The summed E-state index contributed by atoms with van der Waals surface area (Å²) < 4.78 is 11.2. The minimum absolute atomic E-state index is 0.109. The van der Waals surface area contributed by atoms with Crippen LogP contribution in [0.3, 0.4) is 0 Å². The second-order valence-corrected chi connectivity index (χ2v) is 6.12. The monoisotopic (exact) mass is 324 g/mol. The number of nitrogens with zero attached hydrogens (tertiary/aromatic N) is 1. The quantitative estimate of drug-likeness (QED) is 0.918. The van der Waals surface area contributed by atoms with Crippen LogP contribution < -0.4 is 14.8 Å². The number of hydrogen-bond donors (Lipinski definition) is 1. The van der Waals surface area contributed by atoms with Crippen LogP contribution in [0.1, 0.15) is 23.6 Å². The number of benzene rings is 2. The molecule has 1 N–H and O–H groups in total. The molecule has 0 saturated carbocycles. The maximum Gasteiger partial charge on any atom is 0.322 e. The number of rotatable bonds is 2. The van der Waals surface area contributed by atoms with E-state index in [1.165, 1.54) is 11.1 Å². The average Bonchev–Trinajstić information content (AvgIpc) is 3.05. The normalized spacial score (nSPS) is 18.0. The first-order valence-electron chi connectivity index (χ1n) is 8.24. The molecule has 5 nitrogen and oxygen atoms in total. The van der Waals surface area contributed by atoms with Gasteiger partial charge in [-0.25, -0.2) is 4.79 Å². The summed E-state index contributed by atoms with van der Waals surface area (Å²) >= 11 is 0. The first kappa shape index (κ1) is 14.9. The number of aryl methyl sites for hydroxylation is 1. The zero-order chi connectivity index (χ0) is 16.5. The largest absolute Gasteiger partial charge is 0.486 e. The number of nitrogens with one attached hydrogen (secondary N) is 1. The molecule has 0 spiro atoms. The van der Waals surface area contributed by atoms with Gasteiger partial charge in [-0.15, -0.1) is 0 Å². The maximum absolute atomic E-state index is 12.7. The van der Waals surface area contributed by atoms with Gasteiger partial charge in [0.25, 0.3) is 0 Å². The van der Waals surface area contributed by atoms with Gasteiger partial charge in [-0.2, -0.15) is 0 Å². The van der Waals surface area contributed by atoms with E-state index >= 15 is 0 Å². The van der Waals surface area contributed by atoms with Gasteiger partial charge in [0, 0.05) is 7.05 Å². The van der Waals surface area contributed by atoms with Crippen molar-refractivity contribution in [2.75, 3.05) is 25.6 Å². The average molecular weight is 324 g/mol. The van der Waals surface area contributed by atoms with E-state index in [0.29, 0.717) is 30.4 Å². The molecule has 4 rings (SSSR count). The van der Waals surface area contributed by atoms with Crippen molar-refractivity contribution in [1.29, 1.82) is 0 Å². The van der Waals surface area contributed by atoms with Crippen molar-refractivity contribution >= 4 is 11.7 Å². The minimum atomic E-state index is -0.140. The summed E-state index contributed by atoms with van der Waals surface area (Å²) in [6, 6.07) is 13.8.